The molecule has 0 aromatic carbocycles. The average Bonchev–Trinajstić information content (AvgIpc) is 2.39. The van der Waals surface area contributed by atoms with Crippen molar-refractivity contribution in [3.8, 4) is 0 Å². The summed E-state index contributed by atoms with van der Waals surface area (Å²) in [6, 6.07) is 0. The average molecular weight is 267 g/mol. The number of piperidine rings is 1. The SMILES string of the molecule is CC1CCCN(CCNC(=O)C2(N)CCCCC2)C1. The van der Waals surface area contributed by atoms with Crippen LogP contribution < -0.4 is 11.1 Å². The summed E-state index contributed by atoms with van der Waals surface area (Å²) in [6.07, 6.45) is 7.73. The van der Waals surface area contributed by atoms with Crippen molar-refractivity contribution in [2.45, 2.75) is 57.4 Å². The van der Waals surface area contributed by atoms with E-state index in [2.05, 4.69) is 17.1 Å². The van der Waals surface area contributed by atoms with Gasteiger partial charge in [-0.15, -0.1) is 0 Å². The fourth-order valence-electron chi connectivity index (χ4n) is 3.40. The lowest BCUT2D eigenvalue weighted by Gasteiger charge is -2.33. The molecule has 1 aliphatic carbocycles. The van der Waals surface area contributed by atoms with Crippen LogP contribution in [-0.2, 0) is 4.79 Å². The molecule has 0 bridgehead atoms. The van der Waals surface area contributed by atoms with Gasteiger partial charge in [-0.05, 0) is 38.1 Å². The van der Waals surface area contributed by atoms with E-state index < -0.39 is 5.54 Å². The predicted molar refractivity (Wildman–Crippen MR) is 77.9 cm³/mol. The second-order valence-corrected chi connectivity index (χ2v) is 6.52. The molecule has 1 heterocycles. The maximum Gasteiger partial charge on any atom is 0.240 e. The van der Waals surface area contributed by atoms with Crippen LogP contribution in [0.15, 0.2) is 0 Å². The molecule has 4 nitrogen and oxygen atoms in total. The molecule has 1 aliphatic heterocycles. The first-order chi connectivity index (χ1) is 9.10. The molecule has 0 aromatic heterocycles. The Balaban J connectivity index is 1.68. The van der Waals surface area contributed by atoms with E-state index in [0.29, 0.717) is 0 Å². The highest BCUT2D eigenvalue weighted by Crippen LogP contribution is 2.25. The van der Waals surface area contributed by atoms with Crippen molar-refractivity contribution in [2.24, 2.45) is 11.7 Å². The Morgan fingerprint density at radius 1 is 1.32 bits per heavy atom. The molecule has 2 aliphatic rings. The highest BCUT2D eigenvalue weighted by Gasteiger charge is 2.34. The standard InChI is InChI=1S/C15H29N3O/c1-13-6-5-10-18(12-13)11-9-17-14(19)15(16)7-3-2-4-8-15/h13H,2-12,16H2,1H3,(H,17,19). The minimum absolute atomic E-state index is 0.0669. The first-order valence-electron chi connectivity index (χ1n) is 7.90. The second kappa shape index (κ2) is 6.71. The minimum Gasteiger partial charge on any atom is -0.353 e. The van der Waals surface area contributed by atoms with E-state index in [9.17, 15) is 4.79 Å². The summed E-state index contributed by atoms with van der Waals surface area (Å²) in [5.41, 5.74) is 5.63. The van der Waals surface area contributed by atoms with Gasteiger partial charge < -0.3 is 16.0 Å². The van der Waals surface area contributed by atoms with Crippen molar-refractivity contribution in [1.82, 2.24) is 10.2 Å². The molecule has 1 amide bonds. The lowest BCUT2D eigenvalue weighted by Crippen LogP contribution is -2.56. The molecule has 3 N–H and O–H groups in total. The summed E-state index contributed by atoms with van der Waals surface area (Å²) in [7, 11) is 0. The summed E-state index contributed by atoms with van der Waals surface area (Å²) in [5, 5.41) is 3.05. The van der Waals surface area contributed by atoms with Crippen LogP contribution in [0, 0.1) is 5.92 Å². The number of hydrogen-bond acceptors (Lipinski definition) is 3. The van der Waals surface area contributed by atoms with E-state index in [1.807, 2.05) is 0 Å². The van der Waals surface area contributed by atoms with Crippen molar-refractivity contribution in [1.29, 1.82) is 0 Å². The van der Waals surface area contributed by atoms with Gasteiger partial charge in [0.2, 0.25) is 5.91 Å². The van der Waals surface area contributed by atoms with Gasteiger partial charge in [-0.3, -0.25) is 4.79 Å². The van der Waals surface area contributed by atoms with Gasteiger partial charge >= 0.3 is 0 Å². The van der Waals surface area contributed by atoms with Crippen LogP contribution in [0.25, 0.3) is 0 Å². The minimum atomic E-state index is -0.590. The van der Waals surface area contributed by atoms with Gasteiger partial charge in [-0.1, -0.05) is 26.2 Å². The first-order valence-corrected chi connectivity index (χ1v) is 7.90. The Morgan fingerprint density at radius 3 is 2.74 bits per heavy atom. The Labute approximate surface area is 117 Å². The first kappa shape index (κ1) is 14.8. The summed E-state index contributed by atoms with van der Waals surface area (Å²) >= 11 is 0. The summed E-state index contributed by atoms with van der Waals surface area (Å²) in [6.45, 7) is 6.36. The molecule has 2 rings (SSSR count). The third-order valence-corrected chi connectivity index (χ3v) is 4.65. The third kappa shape index (κ3) is 4.18. The number of hydrogen-bond donors (Lipinski definition) is 2. The Morgan fingerprint density at radius 2 is 2.05 bits per heavy atom. The fourth-order valence-corrected chi connectivity index (χ4v) is 3.40. The molecular formula is C15H29N3O. The van der Waals surface area contributed by atoms with Gasteiger partial charge in [0.25, 0.3) is 0 Å². The van der Waals surface area contributed by atoms with Crippen molar-refractivity contribution < 1.29 is 4.79 Å². The van der Waals surface area contributed by atoms with Crippen LogP contribution in [0.1, 0.15) is 51.9 Å². The maximum atomic E-state index is 12.2. The molecular weight excluding hydrogens is 238 g/mol. The Hall–Kier alpha value is -0.610. The smallest absolute Gasteiger partial charge is 0.240 e. The molecule has 1 saturated heterocycles. The van der Waals surface area contributed by atoms with E-state index in [1.165, 1.54) is 32.4 Å². The van der Waals surface area contributed by atoms with Gasteiger partial charge in [0.1, 0.15) is 0 Å². The Bertz CT molecular complexity index is 300. The molecule has 110 valence electrons. The van der Waals surface area contributed by atoms with E-state index in [1.54, 1.807) is 0 Å². The van der Waals surface area contributed by atoms with Crippen LogP contribution in [-0.4, -0.2) is 42.5 Å². The van der Waals surface area contributed by atoms with Crippen LogP contribution in [0.3, 0.4) is 0 Å². The largest absolute Gasteiger partial charge is 0.353 e. The highest BCUT2D eigenvalue weighted by atomic mass is 16.2. The quantitative estimate of drug-likeness (QED) is 0.811. The van der Waals surface area contributed by atoms with Gasteiger partial charge in [-0.2, -0.15) is 0 Å². The van der Waals surface area contributed by atoms with Gasteiger partial charge in [0.05, 0.1) is 5.54 Å². The van der Waals surface area contributed by atoms with Crippen LogP contribution in [0.4, 0.5) is 0 Å². The highest BCUT2D eigenvalue weighted by molar-refractivity contribution is 5.86. The molecule has 0 radical (unpaired) electrons. The number of nitrogens with two attached hydrogens (primary N) is 1. The van der Waals surface area contributed by atoms with E-state index in [-0.39, 0.29) is 5.91 Å². The number of carbonyl (C=O) groups is 1. The lowest BCUT2D eigenvalue weighted by molar-refractivity contribution is -0.127. The van der Waals surface area contributed by atoms with Crippen molar-refractivity contribution >= 4 is 5.91 Å². The van der Waals surface area contributed by atoms with E-state index >= 15 is 0 Å². The molecule has 0 spiro atoms. The zero-order chi connectivity index (χ0) is 13.7. The summed E-state index contributed by atoms with van der Waals surface area (Å²) < 4.78 is 0. The molecule has 1 atom stereocenters. The fraction of sp³-hybridized carbons (Fsp3) is 0.933. The lowest BCUT2D eigenvalue weighted by atomic mass is 9.82. The predicted octanol–water partition coefficient (Wildman–Crippen LogP) is 1.50. The van der Waals surface area contributed by atoms with E-state index in [0.717, 1.165) is 44.7 Å². The maximum absolute atomic E-state index is 12.2. The van der Waals surface area contributed by atoms with Crippen molar-refractivity contribution in [3.05, 3.63) is 0 Å². The summed E-state index contributed by atoms with van der Waals surface area (Å²) in [5.74, 6) is 0.862. The number of carbonyl (C=O) groups excluding carboxylic acids is 1. The number of nitrogens with one attached hydrogen (secondary N) is 1. The van der Waals surface area contributed by atoms with Crippen molar-refractivity contribution in [3.63, 3.8) is 0 Å². The summed E-state index contributed by atoms with van der Waals surface area (Å²) in [4.78, 5) is 14.6. The zero-order valence-electron chi connectivity index (χ0n) is 12.3. The number of rotatable bonds is 4. The number of nitrogens with zero attached hydrogens (tertiary/aromatic N) is 1. The van der Waals surface area contributed by atoms with Gasteiger partial charge in [0.15, 0.2) is 0 Å². The molecule has 1 unspecified atom stereocenters. The molecule has 4 heteroatoms. The molecule has 2 fully saturated rings. The van der Waals surface area contributed by atoms with Crippen molar-refractivity contribution in [2.75, 3.05) is 26.2 Å². The monoisotopic (exact) mass is 267 g/mol. The topological polar surface area (TPSA) is 58.4 Å². The van der Waals surface area contributed by atoms with Crippen LogP contribution in [0.2, 0.25) is 0 Å². The molecule has 19 heavy (non-hydrogen) atoms. The molecule has 0 aromatic rings. The van der Waals surface area contributed by atoms with Gasteiger partial charge in [-0.25, -0.2) is 0 Å². The zero-order valence-corrected chi connectivity index (χ0v) is 12.3. The van der Waals surface area contributed by atoms with Crippen LogP contribution >= 0.6 is 0 Å². The third-order valence-electron chi connectivity index (χ3n) is 4.65. The Kier molecular flexibility index (Phi) is 5.22. The second-order valence-electron chi connectivity index (χ2n) is 6.52. The van der Waals surface area contributed by atoms with Crippen LogP contribution in [0.5, 0.6) is 0 Å². The molecule has 1 saturated carbocycles. The van der Waals surface area contributed by atoms with Gasteiger partial charge in [0, 0.05) is 19.6 Å². The van der Waals surface area contributed by atoms with E-state index in [4.69, 9.17) is 5.73 Å². The number of amides is 1. The number of likely N-dealkylation sites (tertiary alicyclic amines) is 1. The normalized spacial score (nSPS) is 28.0.